The Hall–Kier alpha value is -2.87. The Kier molecular flexibility index (Phi) is 8.00. The normalized spacial score (nSPS) is 11.9. The van der Waals surface area contributed by atoms with Crippen molar-refractivity contribution in [2.45, 2.75) is 39.0 Å². The average molecular weight is 478 g/mol. The molecule has 7 nitrogen and oxygen atoms in total. The number of benzene rings is 2. The van der Waals surface area contributed by atoms with E-state index in [2.05, 4.69) is 21.2 Å². The van der Waals surface area contributed by atoms with Crippen LogP contribution in [0.3, 0.4) is 0 Å². The van der Waals surface area contributed by atoms with Crippen LogP contribution in [-0.2, 0) is 20.9 Å². The molecule has 2 aromatic carbocycles. The third kappa shape index (κ3) is 6.88. The zero-order valence-electron chi connectivity index (χ0n) is 17.2. The highest BCUT2D eigenvalue weighted by molar-refractivity contribution is 9.10. The standard InChI is InChI=1S/C22H24BrNO6/c1-22(2,3)30-21(27)24-18(20(26)28-4)19(25)16-12-15(23)10-11-17(16)29-13-14-8-6-5-7-9-14/h5-12,18H,13H2,1-4H3,(H,24,27). The van der Waals surface area contributed by atoms with Gasteiger partial charge in [0.1, 0.15) is 18.0 Å². The topological polar surface area (TPSA) is 90.9 Å². The number of carbonyl (C=O) groups excluding carboxylic acids is 3. The highest BCUT2D eigenvalue weighted by atomic mass is 79.9. The van der Waals surface area contributed by atoms with E-state index >= 15 is 0 Å². The lowest BCUT2D eigenvalue weighted by Crippen LogP contribution is -2.48. The molecule has 0 spiro atoms. The molecule has 2 aromatic rings. The third-order valence-electron chi connectivity index (χ3n) is 3.80. The van der Waals surface area contributed by atoms with Gasteiger partial charge in [0.15, 0.2) is 6.04 Å². The van der Waals surface area contributed by atoms with E-state index in [1.807, 2.05) is 30.3 Å². The van der Waals surface area contributed by atoms with Crippen molar-refractivity contribution < 1.29 is 28.6 Å². The third-order valence-corrected chi connectivity index (χ3v) is 4.30. The molecule has 1 unspecified atom stereocenters. The second kappa shape index (κ2) is 10.2. The summed E-state index contributed by atoms with van der Waals surface area (Å²) in [6.07, 6.45) is -0.909. The van der Waals surface area contributed by atoms with E-state index in [1.165, 1.54) is 6.07 Å². The van der Waals surface area contributed by atoms with Crippen LogP contribution >= 0.6 is 15.9 Å². The number of hydrogen-bond acceptors (Lipinski definition) is 6. The molecule has 0 heterocycles. The molecule has 0 saturated heterocycles. The maximum absolute atomic E-state index is 13.2. The highest BCUT2D eigenvalue weighted by Crippen LogP contribution is 2.26. The van der Waals surface area contributed by atoms with Gasteiger partial charge in [-0.3, -0.25) is 4.79 Å². The van der Waals surface area contributed by atoms with Gasteiger partial charge in [-0.2, -0.15) is 0 Å². The summed E-state index contributed by atoms with van der Waals surface area (Å²) in [5.41, 5.74) is 0.232. The first-order valence-electron chi connectivity index (χ1n) is 9.18. The van der Waals surface area contributed by atoms with Crippen molar-refractivity contribution in [1.29, 1.82) is 0 Å². The van der Waals surface area contributed by atoms with Gasteiger partial charge >= 0.3 is 12.1 Å². The number of amides is 1. The first-order valence-corrected chi connectivity index (χ1v) is 9.98. The van der Waals surface area contributed by atoms with E-state index < -0.39 is 29.5 Å². The summed E-state index contributed by atoms with van der Waals surface area (Å²) in [6, 6.07) is 12.7. The number of esters is 1. The van der Waals surface area contributed by atoms with E-state index in [4.69, 9.17) is 14.2 Å². The average Bonchev–Trinajstić information content (AvgIpc) is 2.69. The Labute approximate surface area is 183 Å². The fourth-order valence-corrected chi connectivity index (χ4v) is 2.85. The van der Waals surface area contributed by atoms with Gasteiger partial charge in [0.05, 0.1) is 12.7 Å². The van der Waals surface area contributed by atoms with Crippen molar-refractivity contribution in [1.82, 2.24) is 5.32 Å². The van der Waals surface area contributed by atoms with Crippen molar-refractivity contribution in [3.05, 3.63) is 64.1 Å². The number of ether oxygens (including phenoxy) is 3. The molecule has 0 aliphatic heterocycles. The molecule has 0 bridgehead atoms. The van der Waals surface area contributed by atoms with Gasteiger partial charge in [0.2, 0.25) is 5.78 Å². The molecule has 2 rings (SSSR count). The lowest BCUT2D eigenvalue weighted by Gasteiger charge is -2.22. The predicted molar refractivity (Wildman–Crippen MR) is 114 cm³/mol. The van der Waals surface area contributed by atoms with E-state index in [1.54, 1.807) is 32.9 Å². The predicted octanol–water partition coefficient (Wildman–Crippen LogP) is 4.28. The number of halogens is 1. The van der Waals surface area contributed by atoms with E-state index in [0.29, 0.717) is 4.47 Å². The molecule has 0 aliphatic rings. The van der Waals surface area contributed by atoms with Crippen LogP contribution in [0.15, 0.2) is 53.0 Å². The molecule has 0 aromatic heterocycles. The summed E-state index contributed by atoms with van der Waals surface area (Å²) in [4.78, 5) is 37.6. The lowest BCUT2D eigenvalue weighted by molar-refractivity contribution is -0.141. The molecule has 1 N–H and O–H groups in total. The maximum atomic E-state index is 13.2. The molecule has 1 atom stereocenters. The molecule has 30 heavy (non-hydrogen) atoms. The number of alkyl carbamates (subject to hydrolysis) is 1. The van der Waals surface area contributed by atoms with E-state index in [0.717, 1.165) is 12.7 Å². The zero-order valence-corrected chi connectivity index (χ0v) is 18.8. The summed E-state index contributed by atoms with van der Waals surface area (Å²) in [5, 5.41) is 2.29. The number of rotatable bonds is 7. The monoisotopic (exact) mass is 477 g/mol. The van der Waals surface area contributed by atoms with Crippen LogP contribution in [0.25, 0.3) is 0 Å². The number of carbonyl (C=O) groups is 3. The summed E-state index contributed by atoms with van der Waals surface area (Å²) in [7, 11) is 1.13. The Balaban J connectivity index is 2.28. The van der Waals surface area contributed by atoms with Gasteiger partial charge in [-0.15, -0.1) is 0 Å². The molecule has 160 valence electrons. The fraction of sp³-hybridized carbons (Fsp3) is 0.318. The largest absolute Gasteiger partial charge is 0.488 e. The molecule has 0 radical (unpaired) electrons. The van der Waals surface area contributed by atoms with Crippen LogP contribution in [0.4, 0.5) is 4.79 Å². The summed E-state index contributed by atoms with van der Waals surface area (Å²) < 4.78 is 16.3. The Bertz CT molecular complexity index is 908. The van der Waals surface area contributed by atoms with E-state index in [9.17, 15) is 14.4 Å². The van der Waals surface area contributed by atoms with Crippen molar-refractivity contribution in [3.8, 4) is 5.75 Å². The minimum atomic E-state index is -1.58. The SMILES string of the molecule is COC(=O)C(NC(=O)OC(C)(C)C)C(=O)c1cc(Br)ccc1OCc1ccccc1. The van der Waals surface area contributed by atoms with Crippen LogP contribution in [-0.4, -0.2) is 36.6 Å². The van der Waals surface area contributed by atoms with Crippen LogP contribution in [0.1, 0.15) is 36.7 Å². The van der Waals surface area contributed by atoms with Gasteiger partial charge in [0, 0.05) is 4.47 Å². The van der Waals surface area contributed by atoms with Crippen LogP contribution in [0.2, 0.25) is 0 Å². The molecular formula is C22H24BrNO6. The van der Waals surface area contributed by atoms with Gasteiger partial charge in [-0.05, 0) is 44.5 Å². The zero-order chi connectivity index (χ0) is 22.3. The molecular weight excluding hydrogens is 454 g/mol. The Morgan fingerprint density at radius 2 is 1.73 bits per heavy atom. The van der Waals surface area contributed by atoms with Crippen molar-refractivity contribution >= 4 is 33.8 Å². The van der Waals surface area contributed by atoms with E-state index in [-0.39, 0.29) is 17.9 Å². The number of nitrogens with one attached hydrogen (secondary N) is 1. The van der Waals surface area contributed by atoms with Gasteiger partial charge in [-0.25, -0.2) is 9.59 Å². The number of hydrogen-bond donors (Lipinski definition) is 1. The highest BCUT2D eigenvalue weighted by Gasteiger charge is 2.33. The van der Waals surface area contributed by atoms with Gasteiger partial charge in [-0.1, -0.05) is 46.3 Å². The summed E-state index contributed by atoms with van der Waals surface area (Å²) in [5.74, 6) is -1.33. The number of ketones is 1. The number of Topliss-reactive ketones (excluding diaryl/α,β-unsaturated/α-hetero) is 1. The smallest absolute Gasteiger partial charge is 0.408 e. The first-order chi connectivity index (χ1) is 14.1. The Morgan fingerprint density at radius 3 is 2.33 bits per heavy atom. The molecule has 1 amide bonds. The van der Waals surface area contributed by atoms with Gasteiger partial charge in [0.25, 0.3) is 0 Å². The van der Waals surface area contributed by atoms with Crippen LogP contribution in [0, 0.1) is 0 Å². The second-order valence-corrected chi connectivity index (χ2v) is 8.30. The minimum absolute atomic E-state index is 0.117. The maximum Gasteiger partial charge on any atom is 0.408 e. The second-order valence-electron chi connectivity index (χ2n) is 7.38. The Morgan fingerprint density at radius 1 is 1.07 bits per heavy atom. The van der Waals surface area contributed by atoms with Gasteiger partial charge < -0.3 is 19.5 Å². The summed E-state index contributed by atoms with van der Waals surface area (Å²) in [6.45, 7) is 5.24. The van der Waals surface area contributed by atoms with Crippen molar-refractivity contribution in [3.63, 3.8) is 0 Å². The quantitative estimate of drug-likeness (QED) is 0.363. The molecule has 0 saturated carbocycles. The summed E-state index contributed by atoms with van der Waals surface area (Å²) >= 11 is 3.32. The molecule has 8 heteroatoms. The first kappa shape index (κ1) is 23.4. The van der Waals surface area contributed by atoms with Crippen molar-refractivity contribution in [2.24, 2.45) is 0 Å². The minimum Gasteiger partial charge on any atom is -0.488 e. The lowest BCUT2D eigenvalue weighted by atomic mass is 10.0. The molecule has 0 fully saturated rings. The van der Waals surface area contributed by atoms with Crippen molar-refractivity contribution in [2.75, 3.05) is 7.11 Å². The number of methoxy groups -OCH3 is 1. The fourth-order valence-electron chi connectivity index (χ4n) is 2.49. The van der Waals surface area contributed by atoms with Crippen LogP contribution < -0.4 is 10.1 Å². The molecule has 0 aliphatic carbocycles. The van der Waals surface area contributed by atoms with Crippen LogP contribution in [0.5, 0.6) is 5.75 Å².